The van der Waals surface area contributed by atoms with E-state index in [2.05, 4.69) is 5.32 Å². The highest BCUT2D eigenvalue weighted by atomic mass is 31.2. The molecule has 0 aromatic heterocycles. The van der Waals surface area contributed by atoms with E-state index in [4.69, 9.17) is 18.5 Å². The van der Waals surface area contributed by atoms with Gasteiger partial charge in [0.15, 0.2) is 5.85 Å². The van der Waals surface area contributed by atoms with E-state index in [9.17, 15) is 14.5 Å². The third kappa shape index (κ3) is 10.0. The minimum absolute atomic E-state index is 0.0896. The van der Waals surface area contributed by atoms with Crippen LogP contribution in [0, 0.1) is 0 Å². The maximum atomic E-state index is 13.1. The summed E-state index contributed by atoms with van der Waals surface area (Å²) in [6, 6.07) is 6.30. The molecular weight excluding hydrogens is 421 g/mol. The fourth-order valence-electron chi connectivity index (χ4n) is 2.76. The molecule has 8 nitrogen and oxygen atoms in total. The first-order valence-corrected chi connectivity index (χ1v) is 12.1. The average Bonchev–Trinajstić information content (AvgIpc) is 2.59. The van der Waals surface area contributed by atoms with E-state index in [0.29, 0.717) is 5.75 Å². The first-order valence-electron chi connectivity index (χ1n) is 10.5. The molecule has 0 radical (unpaired) electrons. The number of hydrogen-bond acceptors (Lipinski definition) is 7. The monoisotopic (exact) mass is 459 g/mol. The van der Waals surface area contributed by atoms with Crippen molar-refractivity contribution in [3.63, 3.8) is 0 Å². The summed E-state index contributed by atoms with van der Waals surface area (Å²) in [7, 11) is -3.89. The molecule has 0 aliphatic carbocycles. The Hall–Kier alpha value is -1.60. The van der Waals surface area contributed by atoms with E-state index in [1.165, 1.54) is 0 Å². The summed E-state index contributed by atoms with van der Waals surface area (Å²) < 4.78 is 34.8. The Morgan fingerprint density at radius 1 is 1.00 bits per heavy atom. The first-order chi connectivity index (χ1) is 14.2. The van der Waals surface area contributed by atoms with Gasteiger partial charge in [-0.2, -0.15) is 0 Å². The van der Waals surface area contributed by atoms with Crippen molar-refractivity contribution >= 4 is 13.7 Å². The quantitative estimate of drug-likeness (QED) is 0.481. The maximum Gasteiger partial charge on any atom is 0.407 e. The molecule has 2 N–H and O–H groups in total. The number of hydrogen-bond donors (Lipinski definition) is 2. The minimum atomic E-state index is -3.89. The van der Waals surface area contributed by atoms with Crippen LogP contribution in [0.1, 0.15) is 61.0 Å². The minimum Gasteiger partial charge on any atom is -0.488 e. The highest BCUT2D eigenvalue weighted by molar-refractivity contribution is 7.54. The number of carbonyl (C=O) groups is 1. The number of alkyl carbamates (subject to hydrolysis) is 1. The van der Waals surface area contributed by atoms with Gasteiger partial charge in [0.05, 0.1) is 19.3 Å². The van der Waals surface area contributed by atoms with Crippen LogP contribution < -0.4 is 10.1 Å². The van der Waals surface area contributed by atoms with E-state index in [1.807, 2.05) is 45.0 Å². The summed E-state index contributed by atoms with van der Waals surface area (Å²) >= 11 is 0. The Labute approximate surface area is 186 Å². The van der Waals surface area contributed by atoms with Gasteiger partial charge in [-0.1, -0.05) is 12.1 Å². The van der Waals surface area contributed by atoms with Crippen molar-refractivity contribution < 1.29 is 33.0 Å². The van der Waals surface area contributed by atoms with E-state index >= 15 is 0 Å². The maximum absolute atomic E-state index is 13.1. The van der Waals surface area contributed by atoms with Gasteiger partial charge in [-0.05, 0) is 79.5 Å². The lowest BCUT2D eigenvalue weighted by Crippen LogP contribution is -2.47. The molecule has 0 aliphatic heterocycles. The number of ether oxygens (including phenoxy) is 2. The zero-order valence-electron chi connectivity index (χ0n) is 19.9. The second kappa shape index (κ2) is 11.3. The van der Waals surface area contributed by atoms with Gasteiger partial charge in [0, 0.05) is 0 Å². The van der Waals surface area contributed by atoms with E-state index in [-0.39, 0.29) is 25.2 Å². The summed E-state index contributed by atoms with van der Waals surface area (Å²) in [4.78, 5) is 12.4. The van der Waals surface area contributed by atoms with Crippen LogP contribution in [0.5, 0.6) is 5.75 Å². The SMILES string of the molecule is CCOP(=O)(OCC)[C@@H](O)[C@H](Cc1ccc(OC(C)(C)C)cc1)NC(=O)OC(C)(C)C. The van der Waals surface area contributed by atoms with Gasteiger partial charge in [0.25, 0.3) is 0 Å². The summed E-state index contributed by atoms with van der Waals surface area (Å²) in [5.41, 5.74) is -0.268. The molecular formula is C22H38NO7P. The molecule has 0 unspecified atom stereocenters. The van der Waals surface area contributed by atoms with Gasteiger partial charge in [-0.25, -0.2) is 4.79 Å². The molecule has 1 rings (SSSR count). The van der Waals surface area contributed by atoms with Crippen LogP contribution in [0.15, 0.2) is 24.3 Å². The standard InChI is InChI=1S/C22H38NO7P/c1-9-27-31(26,28-10-2)19(24)18(23-20(25)30-22(6,7)8)15-16-11-13-17(14-12-16)29-21(3,4)5/h11-14,18-19,24H,9-10,15H2,1-8H3,(H,23,25)/t18-,19+/m0/s1. The van der Waals surface area contributed by atoms with Crippen LogP contribution in [0.2, 0.25) is 0 Å². The lowest BCUT2D eigenvalue weighted by atomic mass is 10.1. The number of rotatable bonds is 10. The van der Waals surface area contributed by atoms with Gasteiger partial charge < -0.3 is 28.9 Å². The molecule has 0 spiro atoms. The Balaban J connectivity index is 3.12. The molecule has 9 heteroatoms. The second-order valence-electron chi connectivity index (χ2n) is 9.10. The largest absolute Gasteiger partial charge is 0.488 e. The third-order valence-corrected chi connectivity index (χ3v) is 6.05. The van der Waals surface area contributed by atoms with Gasteiger partial charge in [-0.15, -0.1) is 0 Å². The highest BCUT2D eigenvalue weighted by Crippen LogP contribution is 2.53. The average molecular weight is 460 g/mol. The van der Waals surface area contributed by atoms with E-state index < -0.39 is 31.2 Å². The molecule has 178 valence electrons. The van der Waals surface area contributed by atoms with Crippen molar-refractivity contribution in [3.8, 4) is 5.75 Å². The van der Waals surface area contributed by atoms with Crippen molar-refractivity contribution in [2.45, 2.75) is 84.9 Å². The number of aliphatic hydroxyl groups is 1. The van der Waals surface area contributed by atoms with Gasteiger partial charge in [0.1, 0.15) is 17.0 Å². The van der Waals surface area contributed by atoms with Gasteiger partial charge >= 0.3 is 13.7 Å². The van der Waals surface area contributed by atoms with Crippen LogP contribution in [-0.4, -0.2) is 47.5 Å². The van der Waals surface area contributed by atoms with Crippen LogP contribution in [0.25, 0.3) is 0 Å². The van der Waals surface area contributed by atoms with Crippen LogP contribution in [-0.2, 0) is 24.8 Å². The number of aliphatic hydroxyl groups excluding tert-OH is 1. The summed E-state index contributed by atoms with van der Waals surface area (Å²) in [6.07, 6.45) is -0.552. The van der Waals surface area contributed by atoms with Crippen molar-refractivity contribution in [2.75, 3.05) is 13.2 Å². The lowest BCUT2D eigenvalue weighted by Gasteiger charge is -2.30. The van der Waals surface area contributed by atoms with Crippen molar-refractivity contribution in [1.29, 1.82) is 0 Å². The molecule has 1 amide bonds. The lowest BCUT2D eigenvalue weighted by molar-refractivity contribution is 0.0449. The topological polar surface area (TPSA) is 103 Å². The fraction of sp³-hybridized carbons (Fsp3) is 0.682. The van der Waals surface area contributed by atoms with Crippen LogP contribution >= 0.6 is 7.60 Å². The predicted molar refractivity (Wildman–Crippen MR) is 121 cm³/mol. The molecule has 0 aliphatic rings. The number of benzene rings is 1. The van der Waals surface area contributed by atoms with Gasteiger partial charge in [-0.3, -0.25) is 4.57 Å². The fourth-order valence-corrected chi connectivity index (χ4v) is 4.48. The molecule has 2 atom stereocenters. The molecule has 1 aromatic rings. The zero-order chi connectivity index (χ0) is 23.9. The highest BCUT2D eigenvalue weighted by Gasteiger charge is 2.41. The Kier molecular flexibility index (Phi) is 10.0. The van der Waals surface area contributed by atoms with Crippen LogP contribution in [0.4, 0.5) is 4.79 Å². The van der Waals surface area contributed by atoms with Gasteiger partial charge in [0.2, 0.25) is 0 Å². The first kappa shape index (κ1) is 27.4. The third-order valence-electron chi connectivity index (χ3n) is 3.81. The van der Waals surface area contributed by atoms with E-state index in [1.54, 1.807) is 34.6 Å². The molecule has 0 fully saturated rings. The molecule has 0 saturated carbocycles. The summed E-state index contributed by atoms with van der Waals surface area (Å²) in [5, 5.41) is 13.5. The zero-order valence-corrected chi connectivity index (χ0v) is 20.8. The van der Waals surface area contributed by atoms with E-state index in [0.717, 1.165) is 5.56 Å². The number of carbonyl (C=O) groups excluding carboxylic acids is 1. The molecule has 0 saturated heterocycles. The molecule has 1 aromatic carbocycles. The summed E-state index contributed by atoms with van der Waals surface area (Å²) in [6.45, 7) is 14.6. The normalized spacial score (nSPS) is 14.6. The van der Waals surface area contributed by atoms with Crippen molar-refractivity contribution in [2.24, 2.45) is 0 Å². The number of amides is 1. The second-order valence-corrected chi connectivity index (χ2v) is 11.2. The number of nitrogens with one attached hydrogen (secondary N) is 1. The van der Waals surface area contributed by atoms with Crippen molar-refractivity contribution in [3.05, 3.63) is 29.8 Å². The Bertz CT molecular complexity index is 728. The predicted octanol–water partition coefficient (Wildman–Crippen LogP) is 4.88. The molecule has 31 heavy (non-hydrogen) atoms. The van der Waals surface area contributed by atoms with Crippen molar-refractivity contribution in [1.82, 2.24) is 5.32 Å². The smallest absolute Gasteiger partial charge is 0.407 e. The summed E-state index contributed by atoms with van der Waals surface area (Å²) in [5.74, 6) is -0.881. The Morgan fingerprint density at radius 3 is 1.94 bits per heavy atom. The Morgan fingerprint density at radius 2 is 1.52 bits per heavy atom. The molecule has 0 heterocycles. The van der Waals surface area contributed by atoms with Crippen LogP contribution in [0.3, 0.4) is 0 Å². The molecule has 0 bridgehead atoms.